The second-order valence-electron chi connectivity index (χ2n) is 6.60. The summed E-state index contributed by atoms with van der Waals surface area (Å²) < 4.78 is 30.3. The van der Waals surface area contributed by atoms with Crippen LogP contribution in [0.5, 0.6) is 5.75 Å². The van der Waals surface area contributed by atoms with E-state index in [2.05, 4.69) is 0 Å². The molecule has 2 fully saturated rings. The minimum absolute atomic E-state index is 0.0380. The Morgan fingerprint density at radius 1 is 1.29 bits per heavy atom. The van der Waals surface area contributed by atoms with E-state index in [0.29, 0.717) is 31.8 Å². The summed E-state index contributed by atoms with van der Waals surface area (Å²) in [4.78, 5) is 14.3. The summed E-state index contributed by atoms with van der Waals surface area (Å²) in [7, 11) is -1.54. The molecule has 0 saturated carbocycles. The fourth-order valence-corrected chi connectivity index (χ4v) is 4.86. The first-order valence-electron chi connectivity index (χ1n) is 8.26. The molecule has 0 aromatic heterocycles. The Labute approximate surface area is 143 Å². The largest absolute Gasteiger partial charge is 0.496 e. The summed E-state index contributed by atoms with van der Waals surface area (Å²) >= 11 is 0. The van der Waals surface area contributed by atoms with E-state index in [1.165, 1.54) is 10.6 Å². The first kappa shape index (κ1) is 17.2. The first-order chi connectivity index (χ1) is 11.4. The van der Waals surface area contributed by atoms with Crippen LogP contribution in [0.3, 0.4) is 0 Å². The SMILES string of the molecule is COc1ccccc1CCC(=O)N1CC[C@@H]2CN(S(C)(=O)=O)[C@@H]2C1. The van der Waals surface area contributed by atoms with E-state index < -0.39 is 10.0 Å². The van der Waals surface area contributed by atoms with Crippen LogP contribution in [0, 0.1) is 5.92 Å². The van der Waals surface area contributed by atoms with E-state index in [4.69, 9.17) is 4.74 Å². The van der Waals surface area contributed by atoms with E-state index in [1.807, 2.05) is 29.2 Å². The molecule has 2 heterocycles. The van der Waals surface area contributed by atoms with Gasteiger partial charge in [0.05, 0.1) is 13.4 Å². The highest BCUT2D eigenvalue weighted by molar-refractivity contribution is 7.88. The van der Waals surface area contributed by atoms with Crippen molar-refractivity contribution in [2.24, 2.45) is 5.92 Å². The Morgan fingerprint density at radius 2 is 2.04 bits per heavy atom. The Hall–Kier alpha value is -1.60. The van der Waals surface area contributed by atoms with Crippen LogP contribution in [0.1, 0.15) is 18.4 Å². The van der Waals surface area contributed by atoms with Crippen molar-refractivity contribution >= 4 is 15.9 Å². The Balaban J connectivity index is 1.58. The number of carbonyl (C=O) groups is 1. The van der Waals surface area contributed by atoms with Crippen molar-refractivity contribution in [3.8, 4) is 5.75 Å². The third-order valence-corrected chi connectivity index (χ3v) is 6.36. The van der Waals surface area contributed by atoms with Gasteiger partial charge in [0, 0.05) is 32.1 Å². The summed E-state index contributed by atoms with van der Waals surface area (Å²) in [6, 6.07) is 7.67. The first-order valence-corrected chi connectivity index (χ1v) is 10.1. The number of ether oxygens (including phenoxy) is 1. The number of carbonyl (C=O) groups excluding carboxylic acids is 1. The molecule has 3 rings (SSSR count). The number of fused-ring (bicyclic) bond motifs is 1. The maximum atomic E-state index is 12.5. The Bertz CT molecular complexity index is 719. The average Bonchev–Trinajstić information content (AvgIpc) is 2.52. The number of piperidine rings is 1. The van der Waals surface area contributed by atoms with Gasteiger partial charge in [-0.3, -0.25) is 4.79 Å². The molecule has 132 valence electrons. The number of rotatable bonds is 5. The van der Waals surface area contributed by atoms with Crippen LogP contribution in [0.2, 0.25) is 0 Å². The lowest BCUT2D eigenvalue weighted by Crippen LogP contribution is -2.65. The highest BCUT2D eigenvalue weighted by atomic mass is 32.2. The van der Waals surface area contributed by atoms with Crippen LogP contribution in [0.4, 0.5) is 0 Å². The van der Waals surface area contributed by atoms with E-state index in [-0.39, 0.29) is 11.9 Å². The lowest BCUT2D eigenvalue weighted by Gasteiger charge is -2.51. The zero-order valence-corrected chi connectivity index (χ0v) is 15.0. The molecule has 2 aliphatic heterocycles. The van der Waals surface area contributed by atoms with E-state index in [1.54, 1.807) is 7.11 Å². The molecule has 0 bridgehead atoms. The van der Waals surface area contributed by atoms with E-state index >= 15 is 0 Å². The zero-order valence-electron chi connectivity index (χ0n) is 14.1. The number of aryl methyl sites for hydroxylation is 1. The summed E-state index contributed by atoms with van der Waals surface area (Å²) in [5.41, 5.74) is 1.02. The molecule has 0 radical (unpaired) electrons. The summed E-state index contributed by atoms with van der Waals surface area (Å²) in [5.74, 6) is 1.28. The predicted octanol–water partition coefficient (Wildman–Crippen LogP) is 1.12. The maximum Gasteiger partial charge on any atom is 0.222 e. The van der Waals surface area contributed by atoms with Gasteiger partial charge in [0.2, 0.25) is 15.9 Å². The fraction of sp³-hybridized carbons (Fsp3) is 0.588. The molecule has 24 heavy (non-hydrogen) atoms. The van der Waals surface area contributed by atoms with Crippen LogP contribution in [0.15, 0.2) is 24.3 Å². The molecule has 2 atom stereocenters. The van der Waals surface area contributed by atoms with Gasteiger partial charge in [-0.2, -0.15) is 4.31 Å². The lowest BCUT2D eigenvalue weighted by molar-refractivity contribution is -0.135. The quantitative estimate of drug-likeness (QED) is 0.796. The monoisotopic (exact) mass is 352 g/mol. The highest BCUT2D eigenvalue weighted by Crippen LogP contribution is 2.34. The number of likely N-dealkylation sites (tertiary alicyclic amines) is 1. The number of nitrogens with zero attached hydrogens (tertiary/aromatic N) is 2. The molecule has 1 amide bonds. The van der Waals surface area contributed by atoms with Crippen LogP contribution in [-0.2, 0) is 21.2 Å². The molecule has 0 N–H and O–H groups in total. The van der Waals surface area contributed by atoms with Gasteiger partial charge in [0.25, 0.3) is 0 Å². The van der Waals surface area contributed by atoms with Gasteiger partial charge >= 0.3 is 0 Å². The number of amides is 1. The Kier molecular flexibility index (Phi) is 4.83. The van der Waals surface area contributed by atoms with Crippen LogP contribution in [-0.4, -0.2) is 62.6 Å². The van der Waals surface area contributed by atoms with Crippen molar-refractivity contribution in [1.29, 1.82) is 0 Å². The second kappa shape index (κ2) is 6.72. The summed E-state index contributed by atoms with van der Waals surface area (Å²) in [5, 5.41) is 0. The van der Waals surface area contributed by atoms with Gasteiger partial charge in [-0.15, -0.1) is 0 Å². The predicted molar refractivity (Wildman–Crippen MR) is 91.3 cm³/mol. The molecular weight excluding hydrogens is 328 g/mol. The Morgan fingerprint density at radius 3 is 2.75 bits per heavy atom. The molecule has 1 aromatic carbocycles. The molecule has 6 nitrogen and oxygen atoms in total. The third kappa shape index (κ3) is 3.42. The molecular formula is C17H24N2O4S. The van der Waals surface area contributed by atoms with Gasteiger partial charge in [0.15, 0.2) is 0 Å². The van der Waals surface area contributed by atoms with Gasteiger partial charge in [-0.25, -0.2) is 8.42 Å². The van der Waals surface area contributed by atoms with Crippen molar-refractivity contribution < 1.29 is 17.9 Å². The maximum absolute atomic E-state index is 12.5. The highest BCUT2D eigenvalue weighted by Gasteiger charge is 2.47. The van der Waals surface area contributed by atoms with Crippen molar-refractivity contribution in [3.63, 3.8) is 0 Å². The normalized spacial score (nSPS) is 24.2. The third-order valence-electron chi connectivity index (χ3n) is 5.09. The standard InChI is InChI=1S/C17H24N2O4S/c1-23-16-6-4-3-5-13(16)7-8-17(20)18-10-9-14-11-19(15(14)12-18)24(2,21)22/h3-6,14-15H,7-12H2,1-2H3/t14-,15-/m1/s1. The topological polar surface area (TPSA) is 66.9 Å². The molecule has 2 saturated heterocycles. The van der Waals surface area contributed by atoms with Gasteiger partial charge in [0.1, 0.15) is 5.75 Å². The van der Waals surface area contributed by atoms with Gasteiger partial charge < -0.3 is 9.64 Å². The fourth-order valence-electron chi connectivity index (χ4n) is 3.66. The minimum Gasteiger partial charge on any atom is -0.496 e. The number of hydrogen-bond donors (Lipinski definition) is 0. The zero-order chi connectivity index (χ0) is 17.3. The summed E-state index contributed by atoms with van der Waals surface area (Å²) in [6.45, 7) is 1.85. The second-order valence-corrected chi connectivity index (χ2v) is 8.54. The molecule has 0 spiro atoms. The minimum atomic E-state index is -3.17. The molecule has 1 aromatic rings. The van der Waals surface area contributed by atoms with Crippen molar-refractivity contribution in [3.05, 3.63) is 29.8 Å². The van der Waals surface area contributed by atoms with Gasteiger partial charge in [-0.1, -0.05) is 18.2 Å². The van der Waals surface area contributed by atoms with Crippen molar-refractivity contribution in [1.82, 2.24) is 9.21 Å². The van der Waals surface area contributed by atoms with E-state index in [0.717, 1.165) is 24.3 Å². The van der Waals surface area contributed by atoms with Crippen LogP contribution >= 0.6 is 0 Å². The van der Waals surface area contributed by atoms with Crippen LogP contribution in [0.25, 0.3) is 0 Å². The van der Waals surface area contributed by atoms with E-state index in [9.17, 15) is 13.2 Å². The van der Waals surface area contributed by atoms with Crippen LogP contribution < -0.4 is 4.74 Å². The molecule has 0 unspecified atom stereocenters. The lowest BCUT2D eigenvalue weighted by atomic mass is 9.84. The number of sulfonamides is 1. The number of hydrogen-bond acceptors (Lipinski definition) is 4. The average molecular weight is 352 g/mol. The number of benzene rings is 1. The van der Waals surface area contributed by atoms with Crippen molar-refractivity contribution in [2.75, 3.05) is 33.0 Å². The summed E-state index contributed by atoms with van der Waals surface area (Å²) in [6.07, 6.45) is 3.17. The number of para-hydroxylation sites is 1. The smallest absolute Gasteiger partial charge is 0.222 e. The molecule has 2 aliphatic rings. The molecule has 0 aliphatic carbocycles. The molecule has 7 heteroatoms. The number of methoxy groups -OCH3 is 1. The van der Waals surface area contributed by atoms with Crippen molar-refractivity contribution in [2.45, 2.75) is 25.3 Å². The van der Waals surface area contributed by atoms with Gasteiger partial charge in [-0.05, 0) is 30.4 Å².